The molecule has 1 atom stereocenters. The van der Waals surface area contributed by atoms with Gasteiger partial charge in [-0.25, -0.2) is 0 Å². The summed E-state index contributed by atoms with van der Waals surface area (Å²) in [5, 5.41) is 10.6. The summed E-state index contributed by atoms with van der Waals surface area (Å²) in [4.78, 5) is 0. The molecule has 0 radical (unpaired) electrons. The van der Waals surface area contributed by atoms with Crippen LogP contribution in [0.4, 0.5) is 0 Å². The maximum Gasteiger partial charge on any atom is 0.195 e. The SMILES string of the molecule is CCO[PH](=O)Cc1cc(C(C)(C)C)c(O)c(C(C)(C)C)c1.[Ni]. The number of phenols is 1. The van der Waals surface area contributed by atoms with Crippen molar-refractivity contribution in [3.8, 4) is 5.75 Å². The van der Waals surface area contributed by atoms with Gasteiger partial charge in [0, 0.05) is 22.7 Å². The maximum atomic E-state index is 11.9. The number of phenolic OH excluding ortho intramolecular Hbond substituents is 1. The van der Waals surface area contributed by atoms with Crippen LogP contribution >= 0.6 is 8.03 Å². The van der Waals surface area contributed by atoms with Crippen LogP contribution in [-0.2, 0) is 42.6 Å². The van der Waals surface area contributed by atoms with Gasteiger partial charge >= 0.3 is 0 Å². The minimum absolute atomic E-state index is 0. The van der Waals surface area contributed by atoms with E-state index in [2.05, 4.69) is 41.5 Å². The van der Waals surface area contributed by atoms with Crippen molar-refractivity contribution in [1.29, 1.82) is 0 Å². The molecule has 0 fully saturated rings. The normalized spacial score (nSPS) is 13.6. The molecule has 0 aliphatic heterocycles. The zero-order valence-corrected chi connectivity index (χ0v) is 16.6. The summed E-state index contributed by atoms with van der Waals surface area (Å²) in [6, 6.07) is 3.93. The largest absolute Gasteiger partial charge is 0.507 e. The van der Waals surface area contributed by atoms with Crippen LogP contribution in [0.2, 0.25) is 0 Å². The Morgan fingerprint density at radius 1 is 1.05 bits per heavy atom. The summed E-state index contributed by atoms with van der Waals surface area (Å²) in [6.07, 6.45) is 0.422. The van der Waals surface area contributed by atoms with Crippen LogP contribution in [0.25, 0.3) is 0 Å². The van der Waals surface area contributed by atoms with Crippen LogP contribution in [-0.4, -0.2) is 11.7 Å². The molecule has 0 aliphatic carbocycles. The van der Waals surface area contributed by atoms with E-state index in [0.717, 1.165) is 16.7 Å². The Hall–Kier alpha value is -0.296. The maximum absolute atomic E-state index is 11.9. The van der Waals surface area contributed by atoms with Gasteiger partial charge in [-0.05, 0) is 34.4 Å². The summed E-state index contributed by atoms with van der Waals surface area (Å²) in [5.74, 6) is 0.356. The van der Waals surface area contributed by atoms with Crippen molar-refractivity contribution in [2.24, 2.45) is 0 Å². The van der Waals surface area contributed by atoms with Crippen molar-refractivity contribution in [3.63, 3.8) is 0 Å². The van der Waals surface area contributed by atoms with E-state index in [9.17, 15) is 9.67 Å². The number of rotatable bonds is 4. The predicted molar refractivity (Wildman–Crippen MR) is 89.8 cm³/mol. The molecular formula is C17H29NiO3P. The topological polar surface area (TPSA) is 46.5 Å². The summed E-state index contributed by atoms with van der Waals surface area (Å²) in [6.45, 7) is 14.8. The molecule has 22 heavy (non-hydrogen) atoms. The Morgan fingerprint density at radius 2 is 1.45 bits per heavy atom. The number of hydrogen-bond acceptors (Lipinski definition) is 3. The molecule has 0 aromatic heterocycles. The van der Waals surface area contributed by atoms with E-state index in [1.165, 1.54) is 0 Å². The van der Waals surface area contributed by atoms with Crippen LogP contribution < -0.4 is 0 Å². The first-order chi connectivity index (χ1) is 9.46. The quantitative estimate of drug-likeness (QED) is 0.599. The molecule has 0 bridgehead atoms. The molecular weight excluding hydrogens is 342 g/mol. The third-order valence-electron chi connectivity index (χ3n) is 3.44. The van der Waals surface area contributed by atoms with Gasteiger partial charge in [0.1, 0.15) is 5.75 Å². The Morgan fingerprint density at radius 3 is 1.77 bits per heavy atom. The van der Waals surface area contributed by atoms with Gasteiger partial charge in [-0.2, -0.15) is 0 Å². The molecule has 1 aromatic rings. The van der Waals surface area contributed by atoms with Crippen molar-refractivity contribution >= 4 is 8.03 Å². The van der Waals surface area contributed by atoms with E-state index in [0.29, 0.717) is 18.5 Å². The number of aromatic hydroxyl groups is 1. The summed E-state index contributed by atoms with van der Waals surface area (Å²) in [5.41, 5.74) is 2.44. The summed E-state index contributed by atoms with van der Waals surface area (Å²) >= 11 is 0. The van der Waals surface area contributed by atoms with E-state index in [1.54, 1.807) is 0 Å². The van der Waals surface area contributed by atoms with Gasteiger partial charge in [-0.1, -0.05) is 53.7 Å². The first-order valence-corrected chi connectivity index (χ1v) is 9.01. The van der Waals surface area contributed by atoms with E-state index < -0.39 is 8.03 Å². The van der Waals surface area contributed by atoms with E-state index in [-0.39, 0.29) is 27.3 Å². The van der Waals surface area contributed by atoms with Crippen LogP contribution in [0.15, 0.2) is 12.1 Å². The molecule has 0 heterocycles. The molecule has 0 spiro atoms. The molecule has 1 unspecified atom stereocenters. The van der Waals surface area contributed by atoms with Crippen molar-refractivity contribution in [1.82, 2.24) is 0 Å². The molecule has 5 heteroatoms. The van der Waals surface area contributed by atoms with Crippen LogP contribution in [0, 0.1) is 0 Å². The Balaban J connectivity index is 0.00000441. The molecule has 3 nitrogen and oxygen atoms in total. The summed E-state index contributed by atoms with van der Waals surface area (Å²) < 4.78 is 17.1. The Kier molecular flexibility index (Phi) is 7.89. The molecule has 1 rings (SSSR count). The molecule has 1 N–H and O–H groups in total. The molecule has 130 valence electrons. The first kappa shape index (κ1) is 21.7. The van der Waals surface area contributed by atoms with Crippen molar-refractivity contribution in [2.75, 3.05) is 6.61 Å². The third kappa shape index (κ3) is 5.72. The van der Waals surface area contributed by atoms with Gasteiger partial charge in [-0.15, -0.1) is 0 Å². The smallest absolute Gasteiger partial charge is 0.195 e. The Labute approximate surface area is 145 Å². The van der Waals surface area contributed by atoms with Crippen molar-refractivity contribution < 1.29 is 30.7 Å². The standard InChI is InChI=1S/C17H29O3P.Ni/c1-8-20-21(19)11-12-9-13(16(2,3)4)15(18)14(10-12)17(5,6)7;/h9-10,18,21H,8,11H2,1-7H3;. The fourth-order valence-corrected chi connectivity index (χ4v) is 3.28. The van der Waals surface area contributed by atoms with Gasteiger partial charge < -0.3 is 9.63 Å². The third-order valence-corrected chi connectivity index (χ3v) is 4.75. The molecule has 0 saturated heterocycles. The molecule has 0 amide bonds. The van der Waals surface area contributed by atoms with Crippen LogP contribution in [0.1, 0.15) is 65.2 Å². The van der Waals surface area contributed by atoms with Crippen LogP contribution in [0.3, 0.4) is 0 Å². The number of hydrogen-bond donors (Lipinski definition) is 1. The second kappa shape index (κ2) is 8.00. The predicted octanol–water partition coefficient (Wildman–Crippen LogP) is 5.00. The zero-order valence-electron chi connectivity index (χ0n) is 14.6. The summed E-state index contributed by atoms with van der Waals surface area (Å²) in [7, 11) is -2.06. The van der Waals surface area contributed by atoms with Gasteiger partial charge in [0.2, 0.25) is 0 Å². The average molecular weight is 371 g/mol. The fourth-order valence-electron chi connectivity index (χ4n) is 2.32. The molecule has 0 aliphatic rings. The zero-order chi connectivity index (χ0) is 16.4. The van der Waals surface area contributed by atoms with Crippen molar-refractivity contribution in [3.05, 3.63) is 28.8 Å². The van der Waals surface area contributed by atoms with Gasteiger partial charge in [0.05, 0.1) is 6.61 Å². The van der Waals surface area contributed by atoms with Gasteiger partial charge in [0.25, 0.3) is 0 Å². The second-order valence-corrected chi connectivity index (χ2v) is 8.91. The molecule has 0 saturated carbocycles. The first-order valence-electron chi connectivity index (χ1n) is 7.49. The fraction of sp³-hybridized carbons (Fsp3) is 0.647. The number of benzene rings is 1. The monoisotopic (exact) mass is 370 g/mol. The Bertz CT molecular complexity index is 493. The molecule has 1 aromatic carbocycles. The van der Waals surface area contributed by atoms with E-state index in [1.807, 2.05) is 19.1 Å². The van der Waals surface area contributed by atoms with E-state index >= 15 is 0 Å². The van der Waals surface area contributed by atoms with Gasteiger partial charge in [-0.3, -0.25) is 4.57 Å². The second-order valence-electron chi connectivity index (χ2n) is 7.52. The minimum atomic E-state index is -2.06. The van der Waals surface area contributed by atoms with Crippen LogP contribution in [0.5, 0.6) is 5.75 Å². The van der Waals surface area contributed by atoms with Crippen molar-refractivity contribution in [2.45, 2.75) is 65.5 Å². The average Bonchev–Trinajstić information content (AvgIpc) is 2.28. The minimum Gasteiger partial charge on any atom is -0.507 e. The van der Waals surface area contributed by atoms with Gasteiger partial charge in [0.15, 0.2) is 8.03 Å². The van der Waals surface area contributed by atoms with E-state index in [4.69, 9.17) is 4.52 Å².